The fourth-order valence-electron chi connectivity index (χ4n) is 0.544. The van der Waals surface area contributed by atoms with E-state index in [0.717, 1.165) is 5.56 Å². The molecule has 0 bridgehead atoms. The van der Waals surface area contributed by atoms with E-state index in [1.165, 1.54) is 0 Å². The van der Waals surface area contributed by atoms with Crippen LogP contribution < -0.4 is 0 Å². The quantitative estimate of drug-likeness (QED) is 0.334. The topological polar surface area (TPSA) is 74.5 Å². The minimum absolute atomic E-state index is 0.308. The largest absolute Gasteiger partial charge is 0.158 e. The van der Waals surface area contributed by atoms with Crippen LogP contribution in [0.3, 0.4) is 0 Å². The maximum absolute atomic E-state index is 8.00. The summed E-state index contributed by atoms with van der Waals surface area (Å²) in [7, 11) is 0. The monoisotopic (exact) mass is 135 g/mol. The van der Waals surface area contributed by atoms with Gasteiger partial charge in [-0.05, 0) is 29.2 Å². The fourth-order valence-corrected chi connectivity index (χ4v) is 0.544. The van der Waals surface area contributed by atoms with Gasteiger partial charge in [-0.2, -0.15) is 5.10 Å². The van der Waals surface area contributed by atoms with Crippen molar-refractivity contribution < 1.29 is 0 Å². The Morgan fingerprint density at radius 2 is 2.50 bits per heavy atom. The van der Waals surface area contributed by atoms with Gasteiger partial charge in [0.1, 0.15) is 5.82 Å². The highest BCUT2D eigenvalue weighted by molar-refractivity contribution is 5.27. The van der Waals surface area contributed by atoms with E-state index < -0.39 is 0 Å². The summed E-state index contributed by atoms with van der Waals surface area (Å²) >= 11 is 0. The standard InChI is InChI=1S/C5H5N5/c1-4-2-5(9-10-6)8-7-3-4/h2-3H,1H3. The molecule has 0 spiro atoms. The summed E-state index contributed by atoms with van der Waals surface area (Å²) < 4.78 is 0. The third kappa shape index (κ3) is 1.43. The number of azide groups is 1. The highest BCUT2D eigenvalue weighted by Crippen LogP contribution is 2.06. The summed E-state index contributed by atoms with van der Waals surface area (Å²) in [6.45, 7) is 1.85. The normalized spacial score (nSPS) is 8.50. The highest BCUT2D eigenvalue weighted by atomic mass is 15.2. The lowest BCUT2D eigenvalue weighted by Gasteiger charge is -1.88. The van der Waals surface area contributed by atoms with Gasteiger partial charge in [-0.3, -0.25) is 0 Å². The van der Waals surface area contributed by atoms with Crippen molar-refractivity contribution in [1.29, 1.82) is 0 Å². The van der Waals surface area contributed by atoms with Gasteiger partial charge in [-0.15, -0.1) is 5.10 Å². The molecule has 0 aliphatic heterocycles. The van der Waals surface area contributed by atoms with Crippen LogP contribution >= 0.6 is 0 Å². The maximum Gasteiger partial charge on any atom is 0.149 e. The van der Waals surface area contributed by atoms with Gasteiger partial charge >= 0.3 is 0 Å². The van der Waals surface area contributed by atoms with Crippen molar-refractivity contribution in [1.82, 2.24) is 10.2 Å². The Morgan fingerprint density at radius 3 is 3.10 bits per heavy atom. The lowest BCUT2D eigenvalue weighted by atomic mass is 10.3. The minimum Gasteiger partial charge on any atom is -0.158 e. The molecule has 0 atom stereocenters. The number of aryl methyl sites for hydroxylation is 1. The second-order valence-corrected chi connectivity index (χ2v) is 1.78. The molecule has 0 unspecified atom stereocenters. The van der Waals surface area contributed by atoms with Crippen molar-refractivity contribution in [2.24, 2.45) is 5.11 Å². The van der Waals surface area contributed by atoms with Crippen LogP contribution in [0.15, 0.2) is 17.4 Å². The fraction of sp³-hybridized carbons (Fsp3) is 0.200. The molecule has 1 heterocycles. The molecule has 50 valence electrons. The van der Waals surface area contributed by atoms with Gasteiger partial charge in [-0.25, -0.2) is 0 Å². The van der Waals surface area contributed by atoms with Gasteiger partial charge in [0.15, 0.2) is 0 Å². The van der Waals surface area contributed by atoms with Crippen LogP contribution in [0.1, 0.15) is 5.56 Å². The van der Waals surface area contributed by atoms with Crippen LogP contribution in [-0.4, -0.2) is 10.2 Å². The summed E-state index contributed by atoms with van der Waals surface area (Å²) in [5, 5.41) is 10.4. The molecule has 5 nitrogen and oxygen atoms in total. The SMILES string of the molecule is Cc1cnnc(N=[N+]=[N-])c1. The average molecular weight is 135 g/mol. The molecular weight excluding hydrogens is 130 g/mol. The van der Waals surface area contributed by atoms with E-state index in [1.807, 2.05) is 6.92 Å². The molecule has 0 fully saturated rings. The molecule has 0 aliphatic carbocycles. The molecule has 0 saturated heterocycles. The van der Waals surface area contributed by atoms with Crippen molar-refractivity contribution in [3.8, 4) is 0 Å². The second-order valence-electron chi connectivity index (χ2n) is 1.78. The number of aromatic nitrogens is 2. The Balaban J connectivity index is 3.06. The molecule has 0 radical (unpaired) electrons. The second kappa shape index (κ2) is 2.80. The average Bonchev–Trinajstić information content (AvgIpc) is 1.88. The van der Waals surface area contributed by atoms with Crippen molar-refractivity contribution in [2.75, 3.05) is 0 Å². The summed E-state index contributed by atoms with van der Waals surface area (Å²) in [4.78, 5) is 2.57. The molecule has 1 aromatic heterocycles. The molecule has 0 aliphatic rings. The van der Waals surface area contributed by atoms with E-state index in [9.17, 15) is 0 Å². The predicted octanol–water partition coefficient (Wildman–Crippen LogP) is 1.73. The first kappa shape index (κ1) is 6.51. The first-order valence-corrected chi connectivity index (χ1v) is 2.67. The van der Waals surface area contributed by atoms with Gasteiger partial charge in [0.2, 0.25) is 0 Å². The smallest absolute Gasteiger partial charge is 0.149 e. The molecular formula is C5H5N5. The van der Waals surface area contributed by atoms with Gasteiger partial charge in [0, 0.05) is 4.91 Å². The third-order valence-electron chi connectivity index (χ3n) is 0.926. The summed E-state index contributed by atoms with van der Waals surface area (Å²) in [5.41, 5.74) is 8.93. The number of rotatable bonds is 1. The zero-order valence-corrected chi connectivity index (χ0v) is 5.39. The van der Waals surface area contributed by atoms with Crippen molar-refractivity contribution in [2.45, 2.75) is 6.92 Å². The van der Waals surface area contributed by atoms with Crippen molar-refractivity contribution in [3.05, 3.63) is 28.3 Å². The Kier molecular flexibility index (Phi) is 1.82. The van der Waals surface area contributed by atoms with Crippen LogP contribution in [0.2, 0.25) is 0 Å². The summed E-state index contributed by atoms with van der Waals surface area (Å²) in [6, 6.07) is 1.66. The molecule has 0 N–H and O–H groups in total. The van der Waals surface area contributed by atoms with E-state index in [1.54, 1.807) is 12.3 Å². The van der Waals surface area contributed by atoms with Crippen molar-refractivity contribution >= 4 is 5.82 Å². The van der Waals surface area contributed by atoms with E-state index in [4.69, 9.17) is 5.53 Å². The maximum atomic E-state index is 8.00. The van der Waals surface area contributed by atoms with Gasteiger partial charge in [0.25, 0.3) is 0 Å². The van der Waals surface area contributed by atoms with Crippen LogP contribution in [0, 0.1) is 6.92 Å². The first-order chi connectivity index (χ1) is 4.83. The zero-order chi connectivity index (χ0) is 7.40. The lowest BCUT2D eigenvalue weighted by molar-refractivity contribution is 1.01. The van der Waals surface area contributed by atoms with Gasteiger partial charge in [0.05, 0.1) is 6.20 Å². The van der Waals surface area contributed by atoms with Gasteiger partial charge < -0.3 is 0 Å². The number of hydrogen-bond donors (Lipinski definition) is 0. The highest BCUT2D eigenvalue weighted by Gasteiger charge is 1.88. The first-order valence-electron chi connectivity index (χ1n) is 2.67. The Bertz CT molecular complexity index is 275. The Labute approximate surface area is 57.3 Å². The van der Waals surface area contributed by atoms with E-state index >= 15 is 0 Å². The summed E-state index contributed by atoms with van der Waals surface area (Å²) in [6.07, 6.45) is 1.59. The van der Waals surface area contributed by atoms with Crippen LogP contribution in [0.25, 0.3) is 10.4 Å². The Morgan fingerprint density at radius 1 is 1.70 bits per heavy atom. The predicted molar refractivity (Wildman–Crippen MR) is 35.6 cm³/mol. The Hall–Kier alpha value is -1.61. The lowest BCUT2D eigenvalue weighted by Crippen LogP contribution is -1.80. The van der Waals surface area contributed by atoms with Crippen molar-refractivity contribution in [3.63, 3.8) is 0 Å². The molecule has 0 amide bonds. The summed E-state index contributed by atoms with van der Waals surface area (Å²) in [5.74, 6) is 0.308. The molecule has 1 rings (SSSR count). The van der Waals surface area contributed by atoms with Crippen LogP contribution in [0.4, 0.5) is 5.82 Å². The molecule has 0 saturated carbocycles. The van der Waals surface area contributed by atoms with Gasteiger partial charge in [-0.1, -0.05) is 0 Å². The molecule has 5 heteroatoms. The van der Waals surface area contributed by atoms with E-state index in [0.29, 0.717) is 5.82 Å². The van der Waals surface area contributed by atoms with Crippen LogP contribution in [-0.2, 0) is 0 Å². The third-order valence-corrected chi connectivity index (χ3v) is 0.926. The van der Waals surface area contributed by atoms with E-state index in [-0.39, 0.29) is 0 Å². The minimum atomic E-state index is 0.308. The molecule has 10 heavy (non-hydrogen) atoms. The van der Waals surface area contributed by atoms with E-state index in [2.05, 4.69) is 20.2 Å². The molecule has 0 aromatic carbocycles. The number of hydrogen-bond acceptors (Lipinski definition) is 3. The molecule has 1 aromatic rings. The number of nitrogens with zero attached hydrogens (tertiary/aromatic N) is 5. The zero-order valence-electron chi connectivity index (χ0n) is 5.39. The van der Waals surface area contributed by atoms with Crippen LogP contribution in [0.5, 0.6) is 0 Å².